The highest BCUT2D eigenvalue weighted by Crippen LogP contribution is 2.29. The summed E-state index contributed by atoms with van der Waals surface area (Å²) in [6.45, 7) is 5.88. The van der Waals surface area contributed by atoms with Crippen LogP contribution in [0, 0.1) is 13.8 Å². The third-order valence-electron chi connectivity index (χ3n) is 3.96. The van der Waals surface area contributed by atoms with Gasteiger partial charge in [-0.2, -0.15) is 0 Å². The Kier molecular flexibility index (Phi) is 4.58. The van der Waals surface area contributed by atoms with Crippen molar-refractivity contribution in [2.45, 2.75) is 27.3 Å². The minimum absolute atomic E-state index is 0.0227. The van der Waals surface area contributed by atoms with E-state index in [1.165, 1.54) is 11.3 Å². The monoisotopic (exact) mass is 362 g/mol. The molecule has 1 saturated heterocycles. The second-order valence-corrected chi connectivity index (χ2v) is 6.55. The number of carbonyl (C=O) groups is 3. The van der Waals surface area contributed by atoms with Crippen LogP contribution < -0.4 is 5.32 Å². The van der Waals surface area contributed by atoms with Gasteiger partial charge in [0.15, 0.2) is 0 Å². The van der Waals surface area contributed by atoms with E-state index in [9.17, 15) is 14.4 Å². The van der Waals surface area contributed by atoms with Crippen molar-refractivity contribution in [1.82, 2.24) is 20.2 Å². The number of ether oxygens (including phenoxy) is 1. The first kappa shape index (κ1) is 17.2. The van der Waals surface area contributed by atoms with Gasteiger partial charge in [-0.15, -0.1) is 11.3 Å². The van der Waals surface area contributed by atoms with E-state index in [2.05, 4.69) is 15.3 Å². The van der Waals surface area contributed by atoms with Crippen molar-refractivity contribution in [3.63, 3.8) is 0 Å². The number of esters is 1. The van der Waals surface area contributed by atoms with Crippen LogP contribution >= 0.6 is 11.3 Å². The predicted molar refractivity (Wildman–Crippen MR) is 91.3 cm³/mol. The molecule has 0 aromatic carbocycles. The van der Waals surface area contributed by atoms with E-state index in [-0.39, 0.29) is 25.0 Å². The molecular formula is C16H18N4O4S. The SMILES string of the molecule is CCOC(=O)c1c(C)[nH]c(-c2csc(CN3C(=O)CNC3=O)n2)c1C. The molecule has 0 unspecified atom stereocenters. The van der Waals surface area contributed by atoms with Gasteiger partial charge in [0.1, 0.15) is 5.01 Å². The Morgan fingerprint density at radius 1 is 1.40 bits per heavy atom. The molecule has 2 N–H and O–H groups in total. The van der Waals surface area contributed by atoms with Gasteiger partial charge in [-0.3, -0.25) is 9.69 Å². The molecule has 25 heavy (non-hydrogen) atoms. The molecule has 1 aliphatic rings. The first-order chi connectivity index (χ1) is 11.9. The van der Waals surface area contributed by atoms with Crippen molar-refractivity contribution < 1.29 is 19.1 Å². The summed E-state index contributed by atoms with van der Waals surface area (Å²) in [6, 6.07) is -0.404. The van der Waals surface area contributed by atoms with Gasteiger partial charge in [-0.05, 0) is 26.3 Å². The maximum absolute atomic E-state index is 12.1. The van der Waals surface area contributed by atoms with Crippen LogP contribution in [-0.2, 0) is 16.1 Å². The topological polar surface area (TPSA) is 104 Å². The molecule has 8 nitrogen and oxygen atoms in total. The van der Waals surface area contributed by atoms with Crippen molar-refractivity contribution in [3.05, 3.63) is 27.2 Å². The Labute approximate surface area is 148 Å². The predicted octanol–water partition coefficient (Wildman–Crippen LogP) is 1.98. The van der Waals surface area contributed by atoms with Crippen LogP contribution in [0.5, 0.6) is 0 Å². The molecule has 0 bridgehead atoms. The van der Waals surface area contributed by atoms with Crippen LogP contribution in [0.3, 0.4) is 0 Å². The molecular weight excluding hydrogens is 344 g/mol. The summed E-state index contributed by atoms with van der Waals surface area (Å²) in [5, 5.41) is 4.96. The van der Waals surface area contributed by atoms with Gasteiger partial charge >= 0.3 is 12.0 Å². The Hall–Kier alpha value is -2.68. The number of H-pyrrole nitrogens is 1. The molecule has 9 heteroatoms. The maximum Gasteiger partial charge on any atom is 0.340 e. The van der Waals surface area contributed by atoms with Gasteiger partial charge in [0.2, 0.25) is 5.91 Å². The highest BCUT2D eigenvalue weighted by Gasteiger charge is 2.29. The molecule has 2 aromatic rings. The molecule has 0 spiro atoms. The number of nitrogens with zero attached hydrogens (tertiary/aromatic N) is 2. The summed E-state index contributed by atoms with van der Waals surface area (Å²) in [6.07, 6.45) is 0. The third kappa shape index (κ3) is 3.14. The number of urea groups is 1. The second kappa shape index (κ2) is 6.67. The van der Waals surface area contributed by atoms with E-state index in [1.54, 1.807) is 6.92 Å². The highest BCUT2D eigenvalue weighted by atomic mass is 32.1. The lowest BCUT2D eigenvalue weighted by Gasteiger charge is -2.09. The summed E-state index contributed by atoms with van der Waals surface area (Å²) in [7, 11) is 0. The van der Waals surface area contributed by atoms with E-state index in [4.69, 9.17) is 4.74 Å². The van der Waals surface area contributed by atoms with Crippen molar-refractivity contribution in [2.75, 3.05) is 13.2 Å². The zero-order valence-electron chi connectivity index (χ0n) is 14.1. The average molecular weight is 362 g/mol. The van der Waals surface area contributed by atoms with E-state index >= 15 is 0 Å². The van der Waals surface area contributed by atoms with Gasteiger partial charge < -0.3 is 15.0 Å². The Balaban J connectivity index is 1.85. The lowest BCUT2D eigenvalue weighted by molar-refractivity contribution is -0.125. The number of carbonyl (C=O) groups excluding carboxylic acids is 3. The number of rotatable bonds is 5. The van der Waals surface area contributed by atoms with Crippen LogP contribution in [0.1, 0.15) is 33.5 Å². The molecule has 3 amide bonds. The zero-order chi connectivity index (χ0) is 18.1. The molecule has 0 saturated carbocycles. The van der Waals surface area contributed by atoms with E-state index < -0.39 is 6.03 Å². The number of aromatic nitrogens is 2. The highest BCUT2D eigenvalue weighted by molar-refractivity contribution is 7.09. The van der Waals surface area contributed by atoms with Crippen molar-refractivity contribution in [2.24, 2.45) is 0 Å². The summed E-state index contributed by atoms with van der Waals surface area (Å²) in [5.74, 6) is -0.631. The molecule has 0 radical (unpaired) electrons. The number of amides is 3. The molecule has 1 fully saturated rings. The lowest BCUT2D eigenvalue weighted by atomic mass is 10.1. The Bertz CT molecular complexity index is 838. The molecule has 3 rings (SSSR count). The fourth-order valence-corrected chi connectivity index (χ4v) is 3.54. The van der Waals surface area contributed by atoms with Crippen LogP contribution in [0.2, 0.25) is 0 Å². The quantitative estimate of drug-likeness (QED) is 0.625. The number of aromatic amines is 1. The molecule has 2 aromatic heterocycles. The lowest BCUT2D eigenvalue weighted by Crippen LogP contribution is -2.30. The molecule has 0 aliphatic carbocycles. The van der Waals surface area contributed by atoms with Crippen molar-refractivity contribution in [1.29, 1.82) is 0 Å². The van der Waals surface area contributed by atoms with Crippen LogP contribution in [-0.4, -0.2) is 45.9 Å². The molecule has 1 aliphatic heterocycles. The molecule has 0 atom stereocenters. The van der Waals surface area contributed by atoms with Crippen molar-refractivity contribution in [3.8, 4) is 11.4 Å². The van der Waals surface area contributed by atoms with Crippen LogP contribution in [0.25, 0.3) is 11.4 Å². The Morgan fingerprint density at radius 2 is 2.16 bits per heavy atom. The smallest absolute Gasteiger partial charge is 0.340 e. The molecule has 3 heterocycles. The summed E-state index contributed by atoms with van der Waals surface area (Å²) in [4.78, 5) is 44.2. The average Bonchev–Trinajstić information content (AvgIpc) is 3.22. The van der Waals surface area contributed by atoms with Gasteiger partial charge in [-0.25, -0.2) is 14.6 Å². The van der Waals surface area contributed by atoms with Crippen LogP contribution in [0.15, 0.2) is 5.38 Å². The number of thiazole rings is 1. The van der Waals surface area contributed by atoms with Gasteiger partial charge in [0.05, 0.1) is 36.6 Å². The van der Waals surface area contributed by atoms with E-state index in [0.717, 1.165) is 21.9 Å². The van der Waals surface area contributed by atoms with Crippen LogP contribution in [0.4, 0.5) is 4.79 Å². The first-order valence-electron chi connectivity index (χ1n) is 7.81. The van der Waals surface area contributed by atoms with Crippen molar-refractivity contribution >= 4 is 29.2 Å². The van der Waals surface area contributed by atoms with Gasteiger partial charge in [0.25, 0.3) is 0 Å². The minimum atomic E-state index is -0.404. The summed E-state index contributed by atoms with van der Waals surface area (Å²) < 4.78 is 5.09. The second-order valence-electron chi connectivity index (χ2n) is 5.61. The number of hydrogen-bond donors (Lipinski definition) is 2. The fraction of sp³-hybridized carbons (Fsp3) is 0.375. The summed E-state index contributed by atoms with van der Waals surface area (Å²) in [5.41, 5.74) is 3.40. The standard InChI is InChI=1S/C16H18N4O4S/c1-4-24-15(22)13-8(2)14(18-9(13)3)10-7-25-11(19-10)6-20-12(21)5-17-16(20)23/h7,18H,4-6H2,1-3H3,(H,17,23). The Morgan fingerprint density at radius 3 is 2.80 bits per heavy atom. The number of imide groups is 1. The largest absolute Gasteiger partial charge is 0.462 e. The van der Waals surface area contributed by atoms with Gasteiger partial charge in [-0.1, -0.05) is 0 Å². The third-order valence-corrected chi connectivity index (χ3v) is 4.79. The molecule has 132 valence electrons. The number of hydrogen-bond acceptors (Lipinski definition) is 6. The maximum atomic E-state index is 12.1. The number of nitrogens with one attached hydrogen (secondary N) is 2. The first-order valence-corrected chi connectivity index (χ1v) is 8.69. The van der Waals surface area contributed by atoms with Gasteiger partial charge in [0, 0.05) is 11.1 Å². The normalized spacial score (nSPS) is 14.1. The zero-order valence-corrected chi connectivity index (χ0v) is 15.0. The van der Waals surface area contributed by atoms with E-state index in [1.807, 2.05) is 19.2 Å². The minimum Gasteiger partial charge on any atom is -0.462 e. The van der Waals surface area contributed by atoms with E-state index in [0.29, 0.717) is 22.9 Å². The fourth-order valence-electron chi connectivity index (χ4n) is 2.76. The number of aryl methyl sites for hydroxylation is 1. The summed E-state index contributed by atoms with van der Waals surface area (Å²) >= 11 is 1.36.